The van der Waals surface area contributed by atoms with Crippen LogP contribution in [-0.4, -0.2) is 24.8 Å². The summed E-state index contributed by atoms with van der Waals surface area (Å²) < 4.78 is 17.3. The van der Waals surface area contributed by atoms with Gasteiger partial charge in [0, 0.05) is 5.56 Å². The molecule has 1 amide bonds. The second kappa shape index (κ2) is 8.16. The van der Waals surface area contributed by atoms with Crippen LogP contribution in [0.25, 0.3) is 22.1 Å². The molecule has 1 N–H and O–H groups in total. The predicted octanol–water partition coefficient (Wildman–Crippen LogP) is 5.04. The Hall–Kier alpha value is -3.77. The lowest BCUT2D eigenvalue weighted by Gasteiger charge is -2.25. The maximum Gasteiger partial charge on any atom is 0.284 e. The van der Waals surface area contributed by atoms with Gasteiger partial charge in [-0.15, -0.1) is 0 Å². The van der Waals surface area contributed by atoms with Crippen molar-refractivity contribution in [3.05, 3.63) is 83.6 Å². The van der Waals surface area contributed by atoms with Crippen LogP contribution in [0.5, 0.6) is 11.5 Å². The third-order valence-corrected chi connectivity index (χ3v) is 5.23. The third kappa shape index (κ3) is 3.98. The Morgan fingerprint density at radius 2 is 1.74 bits per heavy atom. The number of halogens is 1. The topological polar surface area (TPSA) is 73.1 Å². The van der Waals surface area contributed by atoms with E-state index in [2.05, 4.69) is 10.5 Å². The van der Waals surface area contributed by atoms with Gasteiger partial charge in [0.1, 0.15) is 18.1 Å². The lowest BCUT2D eigenvalue weighted by atomic mass is 10.1. The molecule has 0 unspecified atom stereocenters. The van der Waals surface area contributed by atoms with Crippen LogP contribution < -0.4 is 14.9 Å². The summed E-state index contributed by atoms with van der Waals surface area (Å²) in [5.41, 5.74) is 3.25. The van der Waals surface area contributed by atoms with Crippen LogP contribution in [0.2, 0.25) is 5.02 Å². The fraction of sp³-hybridized carbons (Fsp3) is 0.0833. The van der Waals surface area contributed by atoms with Crippen LogP contribution in [0.1, 0.15) is 5.76 Å². The SMILES string of the molecule is O=C(NN=Cc1ccc(-c2ccccc2Cl)o1)[C@@H]1COc2cc3ccccc3cc2O1. The Balaban J connectivity index is 1.24. The molecule has 1 aliphatic heterocycles. The number of rotatable bonds is 4. The van der Waals surface area contributed by atoms with Gasteiger partial charge in [-0.1, -0.05) is 48.0 Å². The molecule has 0 spiro atoms. The number of hydrogen-bond acceptors (Lipinski definition) is 5. The summed E-state index contributed by atoms with van der Waals surface area (Å²) in [4.78, 5) is 12.5. The Kier molecular flexibility index (Phi) is 5.06. The van der Waals surface area contributed by atoms with Gasteiger partial charge in [-0.05, 0) is 47.2 Å². The number of carbonyl (C=O) groups is 1. The Labute approximate surface area is 183 Å². The van der Waals surface area contributed by atoms with Crippen molar-refractivity contribution in [1.29, 1.82) is 0 Å². The molecule has 1 aliphatic rings. The standard InChI is InChI=1S/C24H17ClN2O4/c25-19-8-4-3-7-18(19)20-10-9-17(30-20)13-26-27-24(28)23-14-29-21-11-15-5-1-2-6-16(15)12-22(21)31-23/h1-13,23H,14H2,(H,27,28)/t23-/m0/s1. The summed E-state index contributed by atoms with van der Waals surface area (Å²) >= 11 is 6.19. The number of fused-ring (bicyclic) bond motifs is 2. The highest BCUT2D eigenvalue weighted by atomic mass is 35.5. The van der Waals surface area contributed by atoms with Crippen molar-refractivity contribution >= 4 is 34.5 Å². The van der Waals surface area contributed by atoms with E-state index in [4.69, 9.17) is 25.5 Å². The summed E-state index contributed by atoms with van der Waals surface area (Å²) in [5, 5.41) is 6.62. The monoisotopic (exact) mass is 432 g/mol. The number of amides is 1. The normalized spacial score (nSPS) is 15.3. The fourth-order valence-corrected chi connectivity index (χ4v) is 3.57. The van der Waals surface area contributed by atoms with Crippen molar-refractivity contribution in [3.63, 3.8) is 0 Å². The summed E-state index contributed by atoms with van der Waals surface area (Å²) in [6, 6.07) is 22.6. The van der Waals surface area contributed by atoms with E-state index in [0.29, 0.717) is 28.0 Å². The fourth-order valence-electron chi connectivity index (χ4n) is 3.34. The molecule has 154 valence electrons. The van der Waals surface area contributed by atoms with Gasteiger partial charge in [0.2, 0.25) is 6.10 Å². The van der Waals surface area contributed by atoms with Crippen LogP contribution >= 0.6 is 11.6 Å². The molecule has 6 nitrogen and oxygen atoms in total. The van der Waals surface area contributed by atoms with Gasteiger partial charge >= 0.3 is 0 Å². The molecule has 0 fully saturated rings. The average Bonchev–Trinajstić information content (AvgIpc) is 3.26. The molecule has 0 saturated heterocycles. The molecule has 4 aromatic rings. The highest BCUT2D eigenvalue weighted by molar-refractivity contribution is 6.33. The van der Waals surface area contributed by atoms with Crippen molar-refractivity contribution < 1.29 is 18.7 Å². The van der Waals surface area contributed by atoms with Crippen molar-refractivity contribution in [3.8, 4) is 22.8 Å². The molecule has 2 heterocycles. The first kappa shape index (κ1) is 19.2. The van der Waals surface area contributed by atoms with Gasteiger partial charge in [0.05, 0.1) is 11.2 Å². The van der Waals surface area contributed by atoms with Gasteiger partial charge in [-0.2, -0.15) is 5.10 Å². The maximum atomic E-state index is 12.5. The zero-order valence-electron chi connectivity index (χ0n) is 16.2. The van der Waals surface area contributed by atoms with Crippen molar-refractivity contribution in [1.82, 2.24) is 5.43 Å². The van der Waals surface area contributed by atoms with E-state index >= 15 is 0 Å². The van der Waals surface area contributed by atoms with E-state index in [0.717, 1.165) is 16.3 Å². The van der Waals surface area contributed by atoms with Crippen molar-refractivity contribution in [2.45, 2.75) is 6.10 Å². The first-order valence-corrected chi connectivity index (χ1v) is 10.0. The number of furan rings is 1. The average molecular weight is 433 g/mol. The van der Waals surface area contributed by atoms with Gasteiger partial charge in [0.25, 0.3) is 5.91 Å². The van der Waals surface area contributed by atoms with Gasteiger partial charge in [0.15, 0.2) is 11.5 Å². The minimum atomic E-state index is -0.805. The minimum absolute atomic E-state index is 0.101. The molecule has 31 heavy (non-hydrogen) atoms. The smallest absolute Gasteiger partial charge is 0.284 e. The molecule has 0 aliphatic carbocycles. The Morgan fingerprint density at radius 1 is 1.00 bits per heavy atom. The van der Waals surface area contributed by atoms with E-state index in [1.54, 1.807) is 18.2 Å². The lowest BCUT2D eigenvalue weighted by Crippen LogP contribution is -2.42. The van der Waals surface area contributed by atoms with E-state index < -0.39 is 12.0 Å². The number of hydrogen-bond donors (Lipinski definition) is 1. The van der Waals surface area contributed by atoms with E-state index in [1.165, 1.54) is 6.21 Å². The van der Waals surface area contributed by atoms with Gasteiger partial charge < -0.3 is 13.9 Å². The summed E-state index contributed by atoms with van der Waals surface area (Å²) in [6.45, 7) is 0.101. The largest absolute Gasteiger partial charge is 0.485 e. The molecule has 0 bridgehead atoms. The number of carbonyl (C=O) groups excluding carboxylic acids is 1. The maximum absolute atomic E-state index is 12.5. The number of nitrogens with zero attached hydrogens (tertiary/aromatic N) is 1. The highest BCUT2D eigenvalue weighted by Crippen LogP contribution is 2.36. The first-order valence-electron chi connectivity index (χ1n) is 9.67. The number of benzene rings is 3. The molecular weight excluding hydrogens is 416 g/mol. The second-order valence-electron chi connectivity index (χ2n) is 6.98. The molecular formula is C24H17ClN2O4. The zero-order valence-corrected chi connectivity index (χ0v) is 17.0. The lowest BCUT2D eigenvalue weighted by molar-refractivity contribution is -0.130. The molecule has 0 saturated carbocycles. The molecule has 0 radical (unpaired) electrons. The molecule has 5 rings (SSSR count). The second-order valence-corrected chi connectivity index (χ2v) is 7.39. The number of nitrogens with one attached hydrogen (secondary N) is 1. The first-order chi connectivity index (χ1) is 15.2. The van der Waals surface area contributed by atoms with Crippen LogP contribution in [0.4, 0.5) is 0 Å². The van der Waals surface area contributed by atoms with Crippen LogP contribution in [0, 0.1) is 0 Å². The number of hydrazone groups is 1. The molecule has 1 atom stereocenters. The third-order valence-electron chi connectivity index (χ3n) is 4.90. The van der Waals surface area contributed by atoms with E-state index in [-0.39, 0.29) is 6.61 Å². The summed E-state index contributed by atoms with van der Waals surface area (Å²) in [7, 11) is 0. The number of ether oxygens (including phenoxy) is 2. The van der Waals surface area contributed by atoms with Crippen molar-refractivity contribution in [2.75, 3.05) is 6.61 Å². The Morgan fingerprint density at radius 3 is 2.55 bits per heavy atom. The summed E-state index contributed by atoms with van der Waals surface area (Å²) in [5.74, 6) is 1.84. The zero-order chi connectivity index (χ0) is 21.2. The molecule has 1 aromatic heterocycles. The minimum Gasteiger partial charge on any atom is -0.485 e. The molecule has 3 aromatic carbocycles. The van der Waals surface area contributed by atoms with Crippen LogP contribution in [0.15, 0.2) is 82.3 Å². The predicted molar refractivity (Wildman–Crippen MR) is 119 cm³/mol. The quantitative estimate of drug-likeness (QED) is 0.362. The highest BCUT2D eigenvalue weighted by Gasteiger charge is 2.27. The van der Waals surface area contributed by atoms with Crippen molar-refractivity contribution in [2.24, 2.45) is 5.10 Å². The van der Waals surface area contributed by atoms with Crippen LogP contribution in [-0.2, 0) is 4.79 Å². The molecule has 7 heteroatoms. The van der Waals surface area contributed by atoms with E-state index in [9.17, 15) is 4.79 Å². The van der Waals surface area contributed by atoms with Gasteiger partial charge in [-0.3, -0.25) is 4.79 Å². The van der Waals surface area contributed by atoms with Crippen LogP contribution in [0.3, 0.4) is 0 Å². The van der Waals surface area contributed by atoms with E-state index in [1.807, 2.05) is 54.6 Å². The summed E-state index contributed by atoms with van der Waals surface area (Å²) in [6.07, 6.45) is 0.615. The van der Waals surface area contributed by atoms with Gasteiger partial charge in [-0.25, -0.2) is 5.43 Å². The Bertz CT molecular complexity index is 1300.